The van der Waals surface area contributed by atoms with Crippen LogP contribution < -0.4 is 10.6 Å². The highest BCUT2D eigenvalue weighted by molar-refractivity contribution is 6.13. The molecule has 0 aromatic heterocycles. The monoisotopic (exact) mass is 480 g/mol. The van der Waals surface area contributed by atoms with Gasteiger partial charge in [-0.1, -0.05) is 48.9 Å². The zero-order valence-electron chi connectivity index (χ0n) is 20.6. The van der Waals surface area contributed by atoms with Crippen LogP contribution in [0.25, 0.3) is 0 Å². The van der Waals surface area contributed by atoms with E-state index in [1.165, 1.54) is 37.9 Å². The van der Waals surface area contributed by atoms with Crippen LogP contribution in [-0.4, -0.2) is 36.0 Å². The molecule has 2 aliphatic rings. The molecule has 184 valence electrons. The van der Waals surface area contributed by atoms with Crippen LogP contribution in [0.4, 0.5) is 11.4 Å². The van der Waals surface area contributed by atoms with Gasteiger partial charge in [0.15, 0.2) is 0 Å². The number of piperidine rings is 1. The van der Waals surface area contributed by atoms with E-state index in [4.69, 9.17) is 0 Å². The fraction of sp³-hybridized carbons (Fsp3) is 0.300. The molecule has 36 heavy (non-hydrogen) atoms. The van der Waals surface area contributed by atoms with E-state index in [2.05, 4.69) is 32.7 Å². The standard InChI is InChI=1S/C30H32N4O2/c1-21(23-8-4-2-5-9-23)32-29(35)24-12-15-28-26(18-24)27(30(36)33-28)19-31-25-13-10-22(11-14-25)20-34-16-6-3-7-17-34/h2,4-5,8-15,18-19,21,27H,3,6-7,16-17,20H2,1H3,(H,32,35)(H,33,36)/t21-,27?/m0/s1. The molecule has 0 bridgehead atoms. The first-order valence-electron chi connectivity index (χ1n) is 12.7. The van der Waals surface area contributed by atoms with E-state index < -0.39 is 5.92 Å². The van der Waals surface area contributed by atoms with E-state index in [1.54, 1.807) is 24.4 Å². The maximum atomic E-state index is 12.9. The van der Waals surface area contributed by atoms with E-state index in [9.17, 15) is 9.59 Å². The Hall–Kier alpha value is -3.77. The number of amides is 2. The number of nitrogens with zero attached hydrogens (tertiary/aromatic N) is 2. The summed E-state index contributed by atoms with van der Waals surface area (Å²) in [7, 11) is 0. The largest absolute Gasteiger partial charge is 0.346 e. The summed E-state index contributed by atoms with van der Waals surface area (Å²) < 4.78 is 0. The Morgan fingerprint density at radius 1 is 1.06 bits per heavy atom. The summed E-state index contributed by atoms with van der Waals surface area (Å²) in [6, 6.07) is 23.3. The molecule has 2 amide bonds. The first-order valence-corrected chi connectivity index (χ1v) is 12.7. The van der Waals surface area contributed by atoms with Crippen molar-refractivity contribution < 1.29 is 9.59 Å². The van der Waals surface area contributed by atoms with Gasteiger partial charge in [-0.05, 0) is 79.9 Å². The number of hydrogen-bond acceptors (Lipinski definition) is 4. The van der Waals surface area contributed by atoms with E-state index in [-0.39, 0.29) is 17.9 Å². The Morgan fingerprint density at radius 3 is 2.56 bits per heavy atom. The number of fused-ring (bicyclic) bond motifs is 1. The quantitative estimate of drug-likeness (QED) is 0.432. The summed E-state index contributed by atoms with van der Waals surface area (Å²) in [6.45, 7) is 5.26. The number of rotatable bonds is 7. The van der Waals surface area contributed by atoms with Crippen molar-refractivity contribution in [3.8, 4) is 0 Å². The molecule has 1 unspecified atom stereocenters. The predicted octanol–water partition coefficient (Wildman–Crippen LogP) is 5.60. The highest BCUT2D eigenvalue weighted by Crippen LogP contribution is 2.33. The first-order chi connectivity index (χ1) is 17.6. The van der Waals surface area contributed by atoms with Gasteiger partial charge < -0.3 is 10.6 Å². The minimum absolute atomic E-state index is 0.123. The Bertz CT molecular complexity index is 1250. The molecule has 1 fully saturated rings. The van der Waals surface area contributed by atoms with E-state index >= 15 is 0 Å². The first kappa shape index (κ1) is 23.9. The molecule has 3 aromatic rings. The Kier molecular flexibility index (Phi) is 7.23. The summed E-state index contributed by atoms with van der Waals surface area (Å²) in [5, 5.41) is 5.94. The van der Waals surface area contributed by atoms with Crippen LogP contribution in [0.3, 0.4) is 0 Å². The van der Waals surface area contributed by atoms with Crippen molar-refractivity contribution in [1.82, 2.24) is 10.2 Å². The zero-order chi connectivity index (χ0) is 24.9. The molecule has 6 heteroatoms. The van der Waals surface area contributed by atoms with Crippen LogP contribution in [0.15, 0.2) is 77.8 Å². The van der Waals surface area contributed by atoms with E-state index in [0.29, 0.717) is 5.56 Å². The molecule has 2 atom stereocenters. The second-order valence-corrected chi connectivity index (χ2v) is 9.66. The summed E-state index contributed by atoms with van der Waals surface area (Å²) in [6.07, 6.45) is 5.57. The van der Waals surface area contributed by atoms with Crippen LogP contribution >= 0.6 is 0 Å². The smallest absolute Gasteiger partial charge is 0.251 e. The molecule has 5 rings (SSSR count). The molecule has 2 aliphatic heterocycles. The minimum atomic E-state index is -0.535. The predicted molar refractivity (Wildman–Crippen MR) is 144 cm³/mol. The van der Waals surface area contributed by atoms with Gasteiger partial charge in [-0.3, -0.25) is 19.5 Å². The molecule has 1 saturated heterocycles. The van der Waals surface area contributed by atoms with Crippen LogP contribution in [0, 0.1) is 0 Å². The van der Waals surface area contributed by atoms with Crippen molar-refractivity contribution in [2.75, 3.05) is 18.4 Å². The Labute approximate surface area is 212 Å². The van der Waals surface area contributed by atoms with Crippen LogP contribution in [0.2, 0.25) is 0 Å². The van der Waals surface area contributed by atoms with Crippen molar-refractivity contribution in [2.24, 2.45) is 4.99 Å². The molecule has 0 radical (unpaired) electrons. The topological polar surface area (TPSA) is 73.8 Å². The number of nitrogens with one attached hydrogen (secondary N) is 2. The van der Waals surface area contributed by atoms with Gasteiger partial charge in [-0.25, -0.2) is 0 Å². The normalized spacial score (nSPS) is 18.6. The van der Waals surface area contributed by atoms with Crippen molar-refractivity contribution in [1.29, 1.82) is 0 Å². The fourth-order valence-corrected chi connectivity index (χ4v) is 4.90. The minimum Gasteiger partial charge on any atom is -0.346 e. The van der Waals surface area contributed by atoms with E-state index in [1.807, 2.05) is 49.4 Å². The third-order valence-corrected chi connectivity index (χ3v) is 7.00. The molecule has 2 N–H and O–H groups in total. The van der Waals surface area contributed by atoms with Crippen LogP contribution in [-0.2, 0) is 11.3 Å². The van der Waals surface area contributed by atoms with Crippen LogP contribution in [0.1, 0.15) is 65.2 Å². The van der Waals surface area contributed by atoms with Gasteiger partial charge in [-0.15, -0.1) is 0 Å². The molecular formula is C30H32N4O2. The molecule has 3 aromatic carbocycles. The molecular weight excluding hydrogens is 448 g/mol. The lowest BCUT2D eigenvalue weighted by Gasteiger charge is -2.26. The SMILES string of the molecule is C[C@H](NC(=O)c1ccc2c(c1)C(C=Nc1ccc(CN3CCCCC3)cc1)C(=O)N2)c1ccccc1. The van der Waals surface area contributed by atoms with Gasteiger partial charge in [0.1, 0.15) is 5.92 Å². The third-order valence-electron chi connectivity index (χ3n) is 7.00. The van der Waals surface area contributed by atoms with Crippen molar-refractivity contribution in [3.05, 3.63) is 95.1 Å². The van der Waals surface area contributed by atoms with Gasteiger partial charge in [0.2, 0.25) is 5.91 Å². The maximum absolute atomic E-state index is 12.9. The number of benzene rings is 3. The van der Waals surface area contributed by atoms with E-state index in [0.717, 1.165) is 29.0 Å². The van der Waals surface area contributed by atoms with Gasteiger partial charge in [-0.2, -0.15) is 0 Å². The fourth-order valence-electron chi connectivity index (χ4n) is 4.90. The summed E-state index contributed by atoms with van der Waals surface area (Å²) in [5.41, 5.74) is 5.14. The van der Waals surface area contributed by atoms with Crippen molar-refractivity contribution >= 4 is 29.4 Å². The molecule has 0 aliphatic carbocycles. The summed E-state index contributed by atoms with van der Waals surface area (Å²) in [4.78, 5) is 32.7. The number of hydrogen-bond donors (Lipinski definition) is 2. The number of anilines is 1. The number of likely N-dealkylation sites (tertiary alicyclic amines) is 1. The zero-order valence-corrected chi connectivity index (χ0v) is 20.6. The number of carbonyl (C=O) groups excluding carboxylic acids is 2. The van der Waals surface area contributed by atoms with Crippen molar-refractivity contribution in [3.63, 3.8) is 0 Å². The van der Waals surface area contributed by atoms with Gasteiger partial charge in [0.05, 0.1) is 11.7 Å². The maximum Gasteiger partial charge on any atom is 0.251 e. The average molecular weight is 481 g/mol. The molecule has 0 spiro atoms. The lowest BCUT2D eigenvalue weighted by Crippen LogP contribution is -2.28. The number of carbonyl (C=O) groups is 2. The lowest BCUT2D eigenvalue weighted by atomic mass is 9.99. The van der Waals surface area contributed by atoms with Gasteiger partial charge in [0.25, 0.3) is 5.91 Å². The molecule has 2 heterocycles. The van der Waals surface area contributed by atoms with Crippen LogP contribution in [0.5, 0.6) is 0 Å². The Balaban J connectivity index is 1.26. The van der Waals surface area contributed by atoms with Crippen molar-refractivity contribution in [2.45, 2.75) is 44.7 Å². The molecule has 6 nitrogen and oxygen atoms in total. The second-order valence-electron chi connectivity index (χ2n) is 9.66. The highest BCUT2D eigenvalue weighted by Gasteiger charge is 2.30. The molecule has 0 saturated carbocycles. The van der Waals surface area contributed by atoms with Gasteiger partial charge >= 0.3 is 0 Å². The highest BCUT2D eigenvalue weighted by atomic mass is 16.2. The Morgan fingerprint density at radius 2 is 1.81 bits per heavy atom. The number of aliphatic imine (C=N–C) groups is 1. The average Bonchev–Trinajstić information content (AvgIpc) is 3.23. The summed E-state index contributed by atoms with van der Waals surface area (Å²) >= 11 is 0. The summed E-state index contributed by atoms with van der Waals surface area (Å²) in [5.74, 6) is -0.841. The second kappa shape index (κ2) is 10.9. The third kappa shape index (κ3) is 5.55. The lowest BCUT2D eigenvalue weighted by molar-refractivity contribution is -0.115. The van der Waals surface area contributed by atoms with Gasteiger partial charge in [0, 0.05) is 24.0 Å².